The fraction of sp³-hybridized carbons (Fsp3) is 0.0909. The van der Waals surface area contributed by atoms with Gasteiger partial charge in [-0.2, -0.15) is 0 Å². The number of para-hydroxylation sites is 2. The summed E-state index contributed by atoms with van der Waals surface area (Å²) in [5.74, 6) is 1.51. The molecule has 0 radical (unpaired) electrons. The third-order valence-electron chi connectivity index (χ3n) is 4.32. The first-order valence-electron chi connectivity index (χ1n) is 8.94. The Bertz CT molecular complexity index is 1120. The molecule has 29 heavy (non-hydrogen) atoms. The molecule has 0 aliphatic heterocycles. The van der Waals surface area contributed by atoms with Gasteiger partial charge in [-0.1, -0.05) is 23.7 Å². The van der Waals surface area contributed by atoms with Crippen LogP contribution >= 0.6 is 11.6 Å². The molecule has 6 nitrogen and oxygen atoms in total. The zero-order valence-electron chi connectivity index (χ0n) is 15.6. The Morgan fingerprint density at radius 2 is 1.90 bits per heavy atom. The zero-order chi connectivity index (χ0) is 20.2. The molecule has 0 saturated heterocycles. The van der Waals surface area contributed by atoms with Crippen LogP contribution in [-0.4, -0.2) is 29.6 Å². The van der Waals surface area contributed by atoms with Gasteiger partial charge in [0.25, 0.3) is 5.91 Å². The third-order valence-corrected chi connectivity index (χ3v) is 4.57. The Morgan fingerprint density at radius 1 is 1.10 bits per heavy atom. The summed E-state index contributed by atoms with van der Waals surface area (Å²) in [6, 6.07) is 20.1. The largest absolute Gasteiger partial charge is 0.495 e. The van der Waals surface area contributed by atoms with Crippen LogP contribution in [0.4, 0.5) is 5.69 Å². The van der Waals surface area contributed by atoms with E-state index < -0.39 is 0 Å². The van der Waals surface area contributed by atoms with Crippen LogP contribution < -0.4 is 14.8 Å². The van der Waals surface area contributed by atoms with Gasteiger partial charge in [0.1, 0.15) is 17.3 Å². The van der Waals surface area contributed by atoms with Gasteiger partial charge in [0.05, 0.1) is 23.8 Å². The number of benzene rings is 3. The predicted octanol–water partition coefficient (Wildman–Crippen LogP) is 4.91. The van der Waals surface area contributed by atoms with E-state index in [1.165, 1.54) is 0 Å². The van der Waals surface area contributed by atoms with Crippen molar-refractivity contribution in [3.8, 4) is 22.9 Å². The SMILES string of the molecule is COc1ccc(-c2nc3ccccc3[nH]2)cc1NC(=O)COc1ccc(Cl)cc1. The summed E-state index contributed by atoms with van der Waals surface area (Å²) in [6.45, 7) is -0.139. The van der Waals surface area contributed by atoms with Crippen LogP contribution in [0.3, 0.4) is 0 Å². The van der Waals surface area contributed by atoms with Crippen molar-refractivity contribution >= 4 is 34.2 Å². The van der Waals surface area contributed by atoms with Crippen molar-refractivity contribution < 1.29 is 14.3 Å². The van der Waals surface area contributed by atoms with Crippen LogP contribution in [0.25, 0.3) is 22.4 Å². The first-order chi connectivity index (χ1) is 14.1. The van der Waals surface area contributed by atoms with E-state index in [9.17, 15) is 4.79 Å². The van der Waals surface area contributed by atoms with Crippen molar-refractivity contribution in [1.29, 1.82) is 0 Å². The number of H-pyrrole nitrogens is 1. The second-order valence-corrected chi connectivity index (χ2v) is 6.74. The number of rotatable bonds is 6. The normalized spacial score (nSPS) is 10.7. The highest BCUT2D eigenvalue weighted by Gasteiger charge is 2.12. The van der Waals surface area contributed by atoms with Gasteiger partial charge in [0, 0.05) is 10.6 Å². The Balaban J connectivity index is 1.51. The lowest BCUT2D eigenvalue weighted by molar-refractivity contribution is -0.118. The lowest BCUT2D eigenvalue weighted by Gasteiger charge is -2.12. The van der Waals surface area contributed by atoms with E-state index in [0.29, 0.717) is 28.0 Å². The second-order valence-electron chi connectivity index (χ2n) is 6.31. The number of hydrogen-bond donors (Lipinski definition) is 2. The predicted molar refractivity (Wildman–Crippen MR) is 114 cm³/mol. The molecule has 0 aliphatic carbocycles. The van der Waals surface area contributed by atoms with E-state index in [1.807, 2.05) is 36.4 Å². The molecular formula is C22H18ClN3O3. The molecule has 4 rings (SSSR count). The number of nitrogens with zero attached hydrogens (tertiary/aromatic N) is 1. The maximum Gasteiger partial charge on any atom is 0.262 e. The van der Waals surface area contributed by atoms with Crippen molar-refractivity contribution in [1.82, 2.24) is 9.97 Å². The minimum Gasteiger partial charge on any atom is -0.495 e. The molecule has 1 aromatic heterocycles. The summed E-state index contributed by atoms with van der Waals surface area (Å²) in [4.78, 5) is 20.2. The van der Waals surface area contributed by atoms with E-state index in [-0.39, 0.29) is 12.5 Å². The van der Waals surface area contributed by atoms with E-state index in [1.54, 1.807) is 37.4 Å². The standard InChI is InChI=1S/C22H18ClN3O3/c1-28-20-11-6-14(22-25-17-4-2-3-5-18(17)26-22)12-19(20)24-21(27)13-29-16-9-7-15(23)8-10-16/h2-12H,13H2,1H3,(H,24,27)(H,25,26). The van der Waals surface area contributed by atoms with E-state index in [0.717, 1.165) is 16.6 Å². The zero-order valence-corrected chi connectivity index (χ0v) is 16.4. The lowest BCUT2D eigenvalue weighted by atomic mass is 10.1. The molecule has 0 bridgehead atoms. The summed E-state index contributed by atoms with van der Waals surface area (Å²) in [5.41, 5.74) is 3.19. The molecular weight excluding hydrogens is 390 g/mol. The summed E-state index contributed by atoms with van der Waals surface area (Å²) < 4.78 is 10.9. The van der Waals surface area contributed by atoms with Gasteiger partial charge >= 0.3 is 0 Å². The fourth-order valence-corrected chi connectivity index (χ4v) is 3.03. The first kappa shape index (κ1) is 18.8. The Morgan fingerprint density at radius 3 is 2.66 bits per heavy atom. The van der Waals surface area contributed by atoms with Crippen molar-refractivity contribution in [2.45, 2.75) is 0 Å². The number of fused-ring (bicyclic) bond motifs is 1. The number of methoxy groups -OCH3 is 1. The first-order valence-corrected chi connectivity index (χ1v) is 9.31. The van der Waals surface area contributed by atoms with Crippen LogP contribution in [0.15, 0.2) is 66.7 Å². The molecule has 0 saturated carbocycles. The number of halogens is 1. The van der Waals surface area contributed by atoms with Crippen LogP contribution in [0, 0.1) is 0 Å². The highest BCUT2D eigenvalue weighted by molar-refractivity contribution is 6.30. The number of amides is 1. The molecule has 7 heteroatoms. The summed E-state index contributed by atoms with van der Waals surface area (Å²) in [6.07, 6.45) is 0. The summed E-state index contributed by atoms with van der Waals surface area (Å²) in [7, 11) is 1.55. The van der Waals surface area contributed by atoms with Gasteiger partial charge in [-0.05, 0) is 54.6 Å². The number of carbonyl (C=O) groups excluding carboxylic acids is 1. The number of aromatic nitrogens is 2. The van der Waals surface area contributed by atoms with Crippen LogP contribution in [0.2, 0.25) is 5.02 Å². The number of carbonyl (C=O) groups is 1. The number of nitrogens with one attached hydrogen (secondary N) is 2. The molecule has 0 fully saturated rings. The van der Waals surface area contributed by atoms with Gasteiger partial charge < -0.3 is 19.8 Å². The van der Waals surface area contributed by atoms with Crippen LogP contribution in [0.5, 0.6) is 11.5 Å². The number of aromatic amines is 1. The number of imidazole rings is 1. The lowest BCUT2D eigenvalue weighted by Crippen LogP contribution is -2.20. The Kier molecular flexibility index (Phi) is 5.35. The monoisotopic (exact) mass is 407 g/mol. The van der Waals surface area contributed by atoms with E-state index in [4.69, 9.17) is 21.1 Å². The van der Waals surface area contributed by atoms with Crippen LogP contribution in [-0.2, 0) is 4.79 Å². The number of anilines is 1. The molecule has 0 atom stereocenters. The molecule has 1 heterocycles. The molecule has 0 aliphatic rings. The highest BCUT2D eigenvalue weighted by Crippen LogP contribution is 2.30. The molecule has 146 valence electrons. The van der Waals surface area contributed by atoms with Crippen molar-refractivity contribution in [2.75, 3.05) is 19.0 Å². The van der Waals surface area contributed by atoms with Gasteiger partial charge in [-0.3, -0.25) is 4.79 Å². The smallest absolute Gasteiger partial charge is 0.262 e. The second kappa shape index (κ2) is 8.24. The topological polar surface area (TPSA) is 76.2 Å². The molecule has 0 unspecified atom stereocenters. The van der Waals surface area contributed by atoms with Gasteiger partial charge in [-0.15, -0.1) is 0 Å². The van der Waals surface area contributed by atoms with Crippen molar-refractivity contribution in [2.24, 2.45) is 0 Å². The van der Waals surface area contributed by atoms with Gasteiger partial charge in [0.2, 0.25) is 0 Å². The number of ether oxygens (including phenoxy) is 2. The average Bonchev–Trinajstić information content (AvgIpc) is 3.17. The Labute approximate surface area is 172 Å². The molecule has 2 N–H and O–H groups in total. The molecule has 3 aromatic carbocycles. The van der Waals surface area contributed by atoms with E-state index >= 15 is 0 Å². The maximum atomic E-state index is 12.4. The van der Waals surface area contributed by atoms with Gasteiger partial charge in [-0.25, -0.2) is 4.98 Å². The van der Waals surface area contributed by atoms with Gasteiger partial charge in [0.15, 0.2) is 6.61 Å². The minimum atomic E-state index is -0.306. The third kappa shape index (κ3) is 4.33. The highest BCUT2D eigenvalue weighted by atomic mass is 35.5. The Hall–Kier alpha value is -3.51. The van der Waals surface area contributed by atoms with Crippen LogP contribution in [0.1, 0.15) is 0 Å². The fourth-order valence-electron chi connectivity index (χ4n) is 2.91. The number of hydrogen-bond acceptors (Lipinski definition) is 4. The molecule has 0 spiro atoms. The maximum absolute atomic E-state index is 12.4. The quantitative estimate of drug-likeness (QED) is 0.476. The summed E-state index contributed by atoms with van der Waals surface area (Å²) in [5, 5.41) is 3.44. The molecule has 4 aromatic rings. The van der Waals surface area contributed by atoms with E-state index in [2.05, 4.69) is 15.3 Å². The van der Waals surface area contributed by atoms with Crippen molar-refractivity contribution in [3.05, 3.63) is 71.8 Å². The average molecular weight is 408 g/mol. The molecule has 1 amide bonds. The van der Waals surface area contributed by atoms with Crippen molar-refractivity contribution in [3.63, 3.8) is 0 Å². The summed E-state index contributed by atoms with van der Waals surface area (Å²) >= 11 is 5.85. The minimum absolute atomic E-state index is 0.139.